The molecule has 0 aliphatic carbocycles. The van der Waals surface area contributed by atoms with Crippen molar-refractivity contribution in [2.75, 3.05) is 40.0 Å². The maximum atomic E-state index is 5.73. The van der Waals surface area contributed by atoms with Crippen molar-refractivity contribution in [1.82, 2.24) is 10.2 Å². The van der Waals surface area contributed by atoms with Crippen LogP contribution >= 0.6 is 0 Å². The first kappa shape index (κ1) is 21.7. The number of nitrogens with zero attached hydrogens (tertiary/aromatic N) is 2. The lowest BCUT2D eigenvalue weighted by atomic mass is 9.96. The Morgan fingerprint density at radius 3 is 2.67 bits per heavy atom. The summed E-state index contributed by atoms with van der Waals surface area (Å²) in [5, 5.41) is 3.43. The number of benzene rings is 1. The molecule has 1 heterocycles. The highest BCUT2D eigenvalue weighted by atomic mass is 16.5. The lowest BCUT2D eigenvalue weighted by Gasteiger charge is -2.27. The fourth-order valence-corrected chi connectivity index (χ4v) is 3.33. The van der Waals surface area contributed by atoms with E-state index in [2.05, 4.69) is 55.4 Å². The van der Waals surface area contributed by atoms with Gasteiger partial charge >= 0.3 is 0 Å². The van der Waals surface area contributed by atoms with Gasteiger partial charge in [0.25, 0.3) is 0 Å². The standard InChI is InChI=1S/C22H37N3O2/c1-4-14-27-18-21-9-7-6-8-20(21)17-24-22(23-5-2)25(3)13-10-19-11-15-26-16-12-19/h6-9,19H,4-5,10-18H2,1-3H3,(H,23,24). The summed E-state index contributed by atoms with van der Waals surface area (Å²) in [6, 6.07) is 8.45. The molecule has 2 rings (SSSR count). The van der Waals surface area contributed by atoms with Crippen molar-refractivity contribution in [2.45, 2.75) is 52.7 Å². The molecule has 0 amide bonds. The summed E-state index contributed by atoms with van der Waals surface area (Å²) in [5.74, 6) is 1.76. The Bertz CT molecular complexity index is 556. The summed E-state index contributed by atoms with van der Waals surface area (Å²) in [5.41, 5.74) is 2.47. The average Bonchev–Trinajstić information content (AvgIpc) is 2.71. The number of hydrogen-bond donors (Lipinski definition) is 1. The molecule has 1 N–H and O–H groups in total. The van der Waals surface area contributed by atoms with Gasteiger partial charge in [-0.25, -0.2) is 4.99 Å². The van der Waals surface area contributed by atoms with Crippen molar-refractivity contribution in [3.63, 3.8) is 0 Å². The van der Waals surface area contributed by atoms with Gasteiger partial charge in [0.2, 0.25) is 0 Å². The second-order valence-electron chi connectivity index (χ2n) is 7.26. The summed E-state index contributed by atoms with van der Waals surface area (Å²) in [6.07, 6.45) is 4.62. The second-order valence-corrected chi connectivity index (χ2v) is 7.26. The molecule has 27 heavy (non-hydrogen) atoms. The highest BCUT2D eigenvalue weighted by Crippen LogP contribution is 2.18. The van der Waals surface area contributed by atoms with Gasteiger partial charge in [-0.1, -0.05) is 31.2 Å². The molecule has 0 spiro atoms. The van der Waals surface area contributed by atoms with Gasteiger partial charge in [0, 0.05) is 40.0 Å². The zero-order valence-electron chi connectivity index (χ0n) is 17.4. The molecule has 1 saturated heterocycles. The quantitative estimate of drug-likeness (QED) is 0.384. The molecule has 0 atom stereocenters. The van der Waals surface area contributed by atoms with Gasteiger partial charge < -0.3 is 19.7 Å². The van der Waals surface area contributed by atoms with Crippen molar-refractivity contribution in [3.8, 4) is 0 Å². The predicted octanol–water partition coefficient (Wildman–Crippen LogP) is 3.83. The lowest BCUT2D eigenvalue weighted by Crippen LogP contribution is -2.40. The van der Waals surface area contributed by atoms with E-state index in [1.807, 2.05) is 0 Å². The van der Waals surface area contributed by atoms with Crippen molar-refractivity contribution < 1.29 is 9.47 Å². The minimum Gasteiger partial charge on any atom is -0.381 e. The van der Waals surface area contributed by atoms with Gasteiger partial charge in [0.15, 0.2) is 5.96 Å². The Kier molecular flexibility index (Phi) is 10.2. The Balaban J connectivity index is 1.93. The lowest BCUT2D eigenvalue weighted by molar-refractivity contribution is 0.0625. The second kappa shape index (κ2) is 12.7. The van der Waals surface area contributed by atoms with Crippen LogP contribution in [0.5, 0.6) is 0 Å². The van der Waals surface area contributed by atoms with E-state index in [0.29, 0.717) is 13.2 Å². The molecular weight excluding hydrogens is 338 g/mol. The van der Waals surface area contributed by atoms with E-state index < -0.39 is 0 Å². The predicted molar refractivity (Wildman–Crippen MR) is 112 cm³/mol. The Morgan fingerprint density at radius 2 is 1.96 bits per heavy atom. The first-order valence-corrected chi connectivity index (χ1v) is 10.5. The van der Waals surface area contributed by atoms with E-state index in [1.165, 1.54) is 30.4 Å². The number of hydrogen-bond acceptors (Lipinski definition) is 3. The van der Waals surface area contributed by atoms with Gasteiger partial charge in [0.1, 0.15) is 0 Å². The molecule has 0 aromatic heterocycles. The van der Waals surface area contributed by atoms with E-state index in [4.69, 9.17) is 14.5 Å². The van der Waals surface area contributed by atoms with E-state index in [1.54, 1.807) is 0 Å². The van der Waals surface area contributed by atoms with Crippen molar-refractivity contribution in [1.29, 1.82) is 0 Å². The SMILES string of the molecule is CCCOCc1ccccc1CN=C(NCC)N(C)CCC1CCOCC1. The van der Waals surface area contributed by atoms with E-state index in [9.17, 15) is 0 Å². The molecule has 0 radical (unpaired) electrons. The summed E-state index contributed by atoms with van der Waals surface area (Å²) >= 11 is 0. The van der Waals surface area contributed by atoms with Crippen LogP contribution in [0.3, 0.4) is 0 Å². The first-order valence-electron chi connectivity index (χ1n) is 10.5. The minimum absolute atomic E-state index is 0.662. The molecule has 1 fully saturated rings. The number of ether oxygens (including phenoxy) is 2. The van der Waals surface area contributed by atoms with Crippen molar-refractivity contribution >= 4 is 5.96 Å². The maximum absolute atomic E-state index is 5.73. The van der Waals surface area contributed by atoms with E-state index in [-0.39, 0.29) is 0 Å². The van der Waals surface area contributed by atoms with Crippen LogP contribution in [0, 0.1) is 5.92 Å². The van der Waals surface area contributed by atoms with Crippen LogP contribution in [0.15, 0.2) is 29.3 Å². The molecule has 1 aliphatic rings. The van der Waals surface area contributed by atoms with Crippen LogP contribution in [0.4, 0.5) is 0 Å². The summed E-state index contributed by atoms with van der Waals surface area (Å²) in [6.45, 7) is 10.1. The minimum atomic E-state index is 0.662. The first-order chi connectivity index (χ1) is 13.2. The van der Waals surface area contributed by atoms with E-state index >= 15 is 0 Å². The third kappa shape index (κ3) is 7.89. The summed E-state index contributed by atoms with van der Waals surface area (Å²) < 4.78 is 11.2. The van der Waals surface area contributed by atoms with Gasteiger partial charge in [0.05, 0.1) is 13.2 Å². The van der Waals surface area contributed by atoms with Crippen LogP contribution in [-0.2, 0) is 22.6 Å². The Hall–Kier alpha value is -1.59. The van der Waals surface area contributed by atoms with E-state index in [0.717, 1.165) is 51.2 Å². The fraction of sp³-hybridized carbons (Fsp3) is 0.682. The third-order valence-corrected chi connectivity index (χ3v) is 5.03. The molecule has 5 heteroatoms. The van der Waals surface area contributed by atoms with Crippen molar-refractivity contribution in [3.05, 3.63) is 35.4 Å². The number of guanidine groups is 1. The van der Waals surface area contributed by atoms with Crippen LogP contribution < -0.4 is 5.32 Å². The molecule has 1 aromatic carbocycles. The van der Waals surface area contributed by atoms with Gasteiger partial charge in [-0.3, -0.25) is 0 Å². The number of aliphatic imine (C=N–C) groups is 1. The molecule has 0 unspecified atom stereocenters. The Morgan fingerprint density at radius 1 is 1.22 bits per heavy atom. The molecule has 5 nitrogen and oxygen atoms in total. The zero-order valence-corrected chi connectivity index (χ0v) is 17.4. The smallest absolute Gasteiger partial charge is 0.193 e. The average molecular weight is 376 g/mol. The van der Waals surface area contributed by atoms with Crippen LogP contribution in [0.25, 0.3) is 0 Å². The molecular formula is C22H37N3O2. The molecule has 0 saturated carbocycles. The largest absolute Gasteiger partial charge is 0.381 e. The van der Waals surface area contributed by atoms with Gasteiger partial charge in [-0.05, 0) is 49.7 Å². The third-order valence-electron chi connectivity index (χ3n) is 5.03. The fourth-order valence-electron chi connectivity index (χ4n) is 3.33. The van der Waals surface area contributed by atoms with Crippen LogP contribution in [0.2, 0.25) is 0 Å². The topological polar surface area (TPSA) is 46.1 Å². The van der Waals surface area contributed by atoms with Gasteiger partial charge in [-0.2, -0.15) is 0 Å². The molecule has 1 aromatic rings. The monoisotopic (exact) mass is 375 g/mol. The van der Waals surface area contributed by atoms with Gasteiger partial charge in [-0.15, -0.1) is 0 Å². The normalized spacial score (nSPS) is 15.7. The summed E-state index contributed by atoms with van der Waals surface area (Å²) in [7, 11) is 2.14. The highest BCUT2D eigenvalue weighted by Gasteiger charge is 2.15. The van der Waals surface area contributed by atoms with Crippen LogP contribution in [-0.4, -0.2) is 50.8 Å². The molecule has 152 valence electrons. The molecule has 0 bridgehead atoms. The van der Waals surface area contributed by atoms with Crippen LogP contribution in [0.1, 0.15) is 50.7 Å². The highest BCUT2D eigenvalue weighted by molar-refractivity contribution is 5.79. The zero-order chi connectivity index (χ0) is 19.3. The Labute approximate surface area is 165 Å². The maximum Gasteiger partial charge on any atom is 0.193 e. The van der Waals surface area contributed by atoms with Crippen molar-refractivity contribution in [2.24, 2.45) is 10.9 Å². The number of nitrogens with one attached hydrogen (secondary N) is 1. The number of rotatable bonds is 10. The molecule has 1 aliphatic heterocycles. The summed E-state index contributed by atoms with van der Waals surface area (Å²) in [4.78, 5) is 7.15.